The molecule has 4 nitrogen and oxygen atoms in total. The van der Waals surface area contributed by atoms with Crippen molar-refractivity contribution in [1.29, 1.82) is 0 Å². The summed E-state index contributed by atoms with van der Waals surface area (Å²) < 4.78 is 0. The number of nitrogens with zero attached hydrogens (tertiary/aromatic N) is 2. The summed E-state index contributed by atoms with van der Waals surface area (Å²) in [7, 11) is 0. The highest BCUT2D eigenvalue weighted by atomic mass is 16.3. The lowest BCUT2D eigenvalue weighted by Gasteiger charge is -2.34. The van der Waals surface area contributed by atoms with Crippen LogP contribution in [-0.2, 0) is 13.0 Å². The van der Waals surface area contributed by atoms with Gasteiger partial charge in [0.1, 0.15) is 0 Å². The summed E-state index contributed by atoms with van der Waals surface area (Å²) in [6.07, 6.45) is 5.70. The normalized spacial score (nSPS) is 16.6. The topological polar surface area (TPSA) is 52.2 Å². The van der Waals surface area contributed by atoms with Crippen molar-refractivity contribution in [3.8, 4) is 11.3 Å². The van der Waals surface area contributed by atoms with Crippen LogP contribution in [0, 0.1) is 19.8 Å². The number of likely N-dealkylation sites (tertiary alicyclic amines) is 1. The first-order valence-electron chi connectivity index (χ1n) is 11.1. The molecule has 0 radical (unpaired) electrons. The van der Waals surface area contributed by atoms with Crippen molar-refractivity contribution in [1.82, 2.24) is 15.1 Å². The molecule has 0 amide bonds. The Morgan fingerprint density at radius 3 is 2.57 bits per heavy atom. The molecule has 0 aliphatic carbocycles. The van der Waals surface area contributed by atoms with Gasteiger partial charge in [0.2, 0.25) is 0 Å². The van der Waals surface area contributed by atoms with Gasteiger partial charge in [-0.05, 0) is 81.3 Å². The van der Waals surface area contributed by atoms with Crippen LogP contribution in [0.3, 0.4) is 0 Å². The standard InChI is InChI=1S/C26H33N3O/c1-19-8-10-23(16-20(19)2)26-24(17-27-28-26)18-29-14-12-22(13-15-29)25(30)11-9-21-6-4-3-5-7-21/h3-8,10,16-17,22,25,30H,9,11-15,18H2,1-2H3,(H,27,28)/t25-/m0/s1. The molecular formula is C26H33N3O. The van der Waals surface area contributed by atoms with Crippen LogP contribution in [0.15, 0.2) is 54.7 Å². The molecule has 0 saturated carbocycles. The van der Waals surface area contributed by atoms with Gasteiger partial charge in [0, 0.05) is 17.7 Å². The minimum absolute atomic E-state index is 0.202. The second-order valence-electron chi connectivity index (χ2n) is 8.77. The predicted molar refractivity (Wildman–Crippen MR) is 122 cm³/mol. The SMILES string of the molecule is Cc1ccc(-c2[nH]ncc2CN2CCC([C@@H](O)CCc3ccccc3)CC2)cc1C. The molecule has 0 spiro atoms. The lowest BCUT2D eigenvalue weighted by Crippen LogP contribution is -2.37. The third kappa shape index (κ3) is 5.00. The fourth-order valence-corrected chi connectivity index (χ4v) is 4.51. The summed E-state index contributed by atoms with van der Waals surface area (Å²) >= 11 is 0. The van der Waals surface area contributed by atoms with E-state index in [2.05, 4.69) is 71.4 Å². The number of aliphatic hydroxyl groups excluding tert-OH is 1. The zero-order valence-electron chi connectivity index (χ0n) is 18.1. The van der Waals surface area contributed by atoms with Crippen LogP contribution in [-0.4, -0.2) is 39.4 Å². The van der Waals surface area contributed by atoms with Gasteiger partial charge in [0.05, 0.1) is 18.0 Å². The van der Waals surface area contributed by atoms with E-state index in [-0.39, 0.29) is 6.10 Å². The number of H-pyrrole nitrogens is 1. The Morgan fingerprint density at radius 2 is 1.83 bits per heavy atom. The zero-order valence-corrected chi connectivity index (χ0v) is 18.1. The van der Waals surface area contributed by atoms with Crippen LogP contribution >= 0.6 is 0 Å². The zero-order chi connectivity index (χ0) is 20.9. The summed E-state index contributed by atoms with van der Waals surface area (Å²) in [6, 6.07) is 17.1. The fourth-order valence-electron chi connectivity index (χ4n) is 4.51. The molecule has 2 N–H and O–H groups in total. The Balaban J connectivity index is 1.30. The molecule has 1 aromatic heterocycles. The number of hydrogen-bond donors (Lipinski definition) is 2. The number of nitrogens with one attached hydrogen (secondary N) is 1. The van der Waals surface area contributed by atoms with Crippen LogP contribution in [0.2, 0.25) is 0 Å². The van der Waals surface area contributed by atoms with Crippen LogP contribution < -0.4 is 0 Å². The van der Waals surface area contributed by atoms with E-state index in [1.165, 1.54) is 27.8 Å². The second kappa shape index (κ2) is 9.59. The molecule has 1 fully saturated rings. The van der Waals surface area contributed by atoms with Gasteiger partial charge in [-0.25, -0.2) is 0 Å². The molecule has 4 heteroatoms. The Morgan fingerprint density at radius 1 is 1.07 bits per heavy atom. The van der Waals surface area contributed by atoms with Crippen molar-refractivity contribution in [3.63, 3.8) is 0 Å². The van der Waals surface area contributed by atoms with Gasteiger partial charge in [-0.2, -0.15) is 5.10 Å². The lowest BCUT2D eigenvalue weighted by atomic mass is 9.88. The molecule has 4 rings (SSSR count). The van der Waals surface area contributed by atoms with Crippen LogP contribution in [0.5, 0.6) is 0 Å². The van der Waals surface area contributed by atoms with Gasteiger partial charge >= 0.3 is 0 Å². The molecular weight excluding hydrogens is 370 g/mol. The maximum Gasteiger partial charge on any atom is 0.0695 e. The number of aromatic amines is 1. The smallest absolute Gasteiger partial charge is 0.0695 e. The van der Waals surface area contributed by atoms with Crippen LogP contribution in [0.25, 0.3) is 11.3 Å². The number of aliphatic hydroxyl groups is 1. The highest BCUT2D eigenvalue weighted by Gasteiger charge is 2.25. The van der Waals surface area contributed by atoms with Gasteiger partial charge in [-0.1, -0.05) is 42.5 Å². The first-order valence-corrected chi connectivity index (χ1v) is 11.1. The highest BCUT2D eigenvalue weighted by molar-refractivity contribution is 5.64. The number of rotatable bonds is 7. The number of hydrogen-bond acceptors (Lipinski definition) is 3. The van der Waals surface area contributed by atoms with Gasteiger partial charge in [-0.15, -0.1) is 0 Å². The lowest BCUT2D eigenvalue weighted by molar-refractivity contribution is 0.0520. The van der Waals surface area contributed by atoms with Crippen molar-refractivity contribution in [2.75, 3.05) is 13.1 Å². The van der Waals surface area contributed by atoms with E-state index in [1.807, 2.05) is 12.3 Å². The number of benzene rings is 2. The molecule has 2 heterocycles. The molecule has 3 aromatic rings. The molecule has 1 atom stereocenters. The van der Waals surface area contributed by atoms with Crippen molar-refractivity contribution < 1.29 is 5.11 Å². The molecule has 1 saturated heterocycles. The molecule has 2 aromatic carbocycles. The van der Waals surface area contributed by atoms with Gasteiger partial charge in [0.15, 0.2) is 0 Å². The summed E-state index contributed by atoms with van der Waals surface area (Å²) in [5, 5.41) is 18.2. The quantitative estimate of drug-likeness (QED) is 0.590. The largest absolute Gasteiger partial charge is 0.393 e. The molecule has 1 aliphatic rings. The van der Waals surface area contributed by atoms with E-state index in [0.29, 0.717) is 5.92 Å². The molecule has 1 aliphatic heterocycles. The summed E-state index contributed by atoms with van der Waals surface area (Å²) in [4.78, 5) is 2.50. The number of piperidine rings is 1. The monoisotopic (exact) mass is 403 g/mol. The first kappa shape index (κ1) is 20.8. The van der Waals surface area contributed by atoms with E-state index < -0.39 is 0 Å². The molecule has 30 heavy (non-hydrogen) atoms. The second-order valence-corrected chi connectivity index (χ2v) is 8.77. The van der Waals surface area contributed by atoms with Crippen LogP contribution in [0.1, 0.15) is 41.5 Å². The van der Waals surface area contributed by atoms with Crippen molar-refractivity contribution in [2.45, 2.75) is 52.2 Å². The number of aryl methyl sites for hydroxylation is 3. The van der Waals surface area contributed by atoms with E-state index in [0.717, 1.165) is 51.0 Å². The maximum absolute atomic E-state index is 10.7. The van der Waals surface area contributed by atoms with Gasteiger partial charge in [-0.3, -0.25) is 10.00 Å². The van der Waals surface area contributed by atoms with Crippen LogP contribution in [0.4, 0.5) is 0 Å². The minimum Gasteiger partial charge on any atom is -0.393 e. The Hall–Kier alpha value is -2.43. The fraction of sp³-hybridized carbons (Fsp3) is 0.423. The summed E-state index contributed by atoms with van der Waals surface area (Å²) in [5.41, 5.74) is 7.51. The van der Waals surface area contributed by atoms with Crippen molar-refractivity contribution in [3.05, 3.63) is 77.0 Å². The third-order valence-electron chi connectivity index (χ3n) is 6.66. The Labute approximate surface area is 180 Å². The minimum atomic E-state index is -0.202. The highest BCUT2D eigenvalue weighted by Crippen LogP contribution is 2.28. The average molecular weight is 404 g/mol. The van der Waals surface area contributed by atoms with Gasteiger partial charge < -0.3 is 5.11 Å². The molecule has 0 unspecified atom stereocenters. The summed E-state index contributed by atoms with van der Waals surface area (Å²) in [5.74, 6) is 0.411. The van der Waals surface area contributed by atoms with E-state index in [9.17, 15) is 5.11 Å². The van der Waals surface area contributed by atoms with Crippen molar-refractivity contribution >= 4 is 0 Å². The third-order valence-corrected chi connectivity index (χ3v) is 6.66. The predicted octanol–water partition coefficient (Wildman–Crippen LogP) is 4.90. The first-order chi connectivity index (χ1) is 14.6. The maximum atomic E-state index is 10.7. The van der Waals surface area contributed by atoms with E-state index in [1.54, 1.807) is 0 Å². The average Bonchev–Trinajstić information content (AvgIpc) is 3.23. The van der Waals surface area contributed by atoms with E-state index in [4.69, 9.17) is 0 Å². The van der Waals surface area contributed by atoms with Crippen molar-refractivity contribution in [2.24, 2.45) is 5.92 Å². The Bertz CT molecular complexity index is 942. The molecule has 0 bridgehead atoms. The summed E-state index contributed by atoms with van der Waals surface area (Å²) in [6.45, 7) is 7.27. The van der Waals surface area contributed by atoms with E-state index >= 15 is 0 Å². The van der Waals surface area contributed by atoms with Gasteiger partial charge in [0.25, 0.3) is 0 Å². The Kier molecular flexibility index (Phi) is 6.66. The number of aromatic nitrogens is 2. The molecule has 158 valence electrons.